The fraction of sp³-hybridized carbons (Fsp3) is 0.231. The van der Waals surface area contributed by atoms with Gasteiger partial charge in [0.1, 0.15) is 34.5 Å². The van der Waals surface area contributed by atoms with Crippen molar-refractivity contribution in [3.8, 4) is 34.5 Å². The molecule has 0 radical (unpaired) electrons. The van der Waals surface area contributed by atoms with Crippen molar-refractivity contribution < 1.29 is 107 Å². The number of aryl methyl sites for hydroxylation is 2. The number of ether oxygens (including phenoxy) is 4. The zero-order valence-electron chi connectivity index (χ0n) is 38.0. The van der Waals surface area contributed by atoms with Crippen LogP contribution in [-0.4, -0.2) is 36.7 Å². The molecule has 2 heterocycles. The van der Waals surface area contributed by atoms with E-state index in [9.17, 15) is 29.4 Å². The number of aliphatic carboxylic acids is 2. The van der Waals surface area contributed by atoms with Gasteiger partial charge in [0.15, 0.2) is 11.6 Å². The second kappa shape index (κ2) is 27.0. The summed E-state index contributed by atoms with van der Waals surface area (Å²) in [6.45, 7) is 0.543. The maximum Gasteiger partial charge on any atom is 1.00 e. The van der Waals surface area contributed by atoms with Crippen LogP contribution in [0.2, 0.25) is 30.1 Å². The van der Waals surface area contributed by atoms with Gasteiger partial charge in [-0.15, -0.1) is 0 Å². The average Bonchev–Trinajstić information content (AvgIpc) is 3.31. The molecule has 0 fully saturated rings. The topological polar surface area (TPSA) is 151 Å². The van der Waals surface area contributed by atoms with Gasteiger partial charge in [0.25, 0.3) is 0 Å². The van der Waals surface area contributed by atoms with E-state index >= 15 is 0 Å². The first-order valence-corrected chi connectivity index (χ1v) is 23.7. The Hall–Kier alpha value is -3.46. The van der Waals surface area contributed by atoms with Crippen LogP contribution in [0.5, 0.6) is 34.5 Å². The van der Waals surface area contributed by atoms with Gasteiger partial charge in [-0.25, -0.2) is 0 Å². The monoisotopic (exact) mass is 1080 g/mol. The summed E-state index contributed by atoms with van der Waals surface area (Å²) in [5.41, 5.74) is 4.02. The molecule has 8 rings (SSSR count). The van der Waals surface area contributed by atoms with Crippen molar-refractivity contribution >= 4 is 93.1 Å². The van der Waals surface area contributed by atoms with Crippen molar-refractivity contribution in [1.82, 2.24) is 0 Å². The molecular formula is C52H40Cl6Na2O10. The van der Waals surface area contributed by atoms with Crippen LogP contribution in [0.15, 0.2) is 109 Å². The van der Waals surface area contributed by atoms with Crippen molar-refractivity contribution in [1.29, 1.82) is 0 Å². The Morgan fingerprint density at radius 3 is 1.21 bits per heavy atom. The maximum absolute atomic E-state index is 12.6. The molecule has 0 aliphatic carbocycles. The average molecular weight is 1080 g/mol. The summed E-state index contributed by atoms with van der Waals surface area (Å²) in [5.74, 6) is -1.37. The molecule has 2 atom stereocenters. The molecule has 0 bridgehead atoms. The number of hydrogen-bond acceptors (Lipinski definition) is 10. The SMILES string of the molecule is O=C(CCCc1ccc(Cl)cc1Cl)c1ccc(Oc2cc3c(cc2Cl)[C@@H](C(=O)[O-])CCO3)cc1.O=C(CCCc1ccc(Cl)cc1Cl)c1ccc(Oc2cc3c(cc2Cl)[C@H](C(=O)[O-])CCO3)cc1.[Na+].[Na+]. The van der Waals surface area contributed by atoms with Crippen LogP contribution >= 0.6 is 69.6 Å². The van der Waals surface area contributed by atoms with Crippen molar-refractivity contribution in [2.45, 2.75) is 63.2 Å². The first-order valence-electron chi connectivity index (χ1n) is 21.5. The largest absolute Gasteiger partial charge is 1.00 e. The van der Waals surface area contributed by atoms with Gasteiger partial charge < -0.3 is 38.7 Å². The Morgan fingerprint density at radius 2 is 0.871 bits per heavy atom. The van der Waals surface area contributed by atoms with Crippen molar-refractivity contribution in [3.05, 3.63) is 173 Å². The number of fused-ring (bicyclic) bond motifs is 2. The van der Waals surface area contributed by atoms with Gasteiger partial charge in [0, 0.05) is 91.1 Å². The molecule has 2 aliphatic rings. The number of rotatable bonds is 16. The minimum atomic E-state index is -1.16. The number of ketones is 2. The van der Waals surface area contributed by atoms with Gasteiger partial charge in [-0.2, -0.15) is 0 Å². The molecule has 2 aliphatic heterocycles. The van der Waals surface area contributed by atoms with Crippen LogP contribution in [0.1, 0.15) is 93.3 Å². The van der Waals surface area contributed by atoms with E-state index in [0.29, 0.717) is 128 Å². The third kappa shape index (κ3) is 15.3. The predicted molar refractivity (Wildman–Crippen MR) is 259 cm³/mol. The van der Waals surface area contributed by atoms with Gasteiger partial charge in [-0.3, -0.25) is 9.59 Å². The molecule has 0 N–H and O–H groups in total. The van der Waals surface area contributed by atoms with Gasteiger partial charge in [-0.1, -0.05) is 81.7 Å². The number of hydrogen-bond donors (Lipinski definition) is 0. The van der Waals surface area contributed by atoms with Crippen LogP contribution in [0.4, 0.5) is 0 Å². The Labute approximate surface area is 479 Å². The number of benzene rings is 6. The molecule has 6 aromatic rings. The Balaban J connectivity index is 0.000000254. The molecule has 70 heavy (non-hydrogen) atoms. The third-order valence-electron chi connectivity index (χ3n) is 11.3. The van der Waals surface area contributed by atoms with Crippen LogP contribution in [0.25, 0.3) is 0 Å². The third-order valence-corrected chi connectivity index (χ3v) is 13.1. The Bertz CT molecular complexity index is 2650. The Morgan fingerprint density at radius 1 is 0.500 bits per heavy atom. The number of carboxylic acids is 2. The summed E-state index contributed by atoms with van der Waals surface area (Å²) in [4.78, 5) is 47.9. The van der Waals surface area contributed by atoms with E-state index < -0.39 is 23.8 Å². The molecule has 352 valence electrons. The smallest absolute Gasteiger partial charge is 0.549 e. The van der Waals surface area contributed by atoms with Crippen molar-refractivity contribution in [2.24, 2.45) is 0 Å². The van der Waals surface area contributed by atoms with E-state index in [0.717, 1.165) is 11.1 Å². The molecular weight excluding hydrogens is 1040 g/mol. The first-order chi connectivity index (χ1) is 32.6. The van der Waals surface area contributed by atoms with Gasteiger partial charge >= 0.3 is 59.1 Å². The minimum Gasteiger partial charge on any atom is -0.549 e. The maximum atomic E-state index is 12.6. The number of Topliss-reactive ketones (excluding diaryl/α,β-unsaturated/α-hetero) is 2. The molecule has 10 nitrogen and oxygen atoms in total. The fourth-order valence-electron chi connectivity index (χ4n) is 7.71. The normalized spacial score (nSPS) is 14.3. The number of carbonyl (C=O) groups is 4. The van der Waals surface area contributed by atoms with E-state index in [4.69, 9.17) is 88.6 Å². The summed E-state index contributed by atoms with van der Waals surface area (Å²) >= 11 is 36.9. The molecule has 0 saturated carbocycles. The summed E-state index contributed by atoms with van der Waals surface area (Å²) in [6, 6.07) is 30.5. The van der Waals surface area contributed by atoms with E-state index in [1.165, 1.54) is 12.1 Å². The first kappa shape index (κ1) is 57.4. The van der Waals surface area contributed by atoms with E-state index in [2.05, 4.69) is 0 Å². The number of halogens is 6. The van der Waals surface area contributed by atoms with Crippen LogP contribution in [-0.2, 0) is 22.4 Å². The van der Waals surface area contributed by atoms with Crippen LogP contribution in [0.3, 0.4) is 0 Å². The number of carbonyl (C=O) groups excluding carboxylic acids is 4. The zero-order valence-corrected chi connectivity index (χ0v) is 46.5. The zero-order chi connectivity index (χ0) is 48.5. The van der Waals surface area contributed by atoms with Gasteiger partial charge in [0.05, 0.1) is 23.3 Å². The summed E-state index contributed by atoms with van der Waals surface area (Å²) in [6.07, 6.45) is 4.11. The molecule has 0 spiro atoms. The number of carboxylic acid groups (broad SMARTS) is 2. The van der Waals surface area contributed by atoms with Crippen LogP contribution in [0, 0.1) is 0 Å². The summed E-state index contributed by atoms with van der Waals surface area (Å²) in [5, 5.41) is 25.6. The second-order valence-electron chi connectivity index (χ2n) is 15.9. The standard InChI is InChI=1S/2C26H21Cl3O5.2Na/c2*27-17-7-4-15(21(28)12-17)2-1-3-23(30)16-5-8-18(9-6-16)34-25-14-24-20(13-22(25)29)19(26(31)32)10-11-33-24;;/h2*4-9,12-14,19H,1-3,10-11H2,(H,31,32);;/q;;2*+1/p-2/t2*19-;;/m10../s1. The van der Waals surface area contributed by atoms with Crippen molar-refractivity contribution in [2.75, 3.05) is 13.2 Å². The second-order valence-corrected chi connectivity index (χ2v) is 18.4. The molecule has 0 amide bonds. The van der Waals surface area contributed by atoms with E-state index in [1.807, 2.05) is 12.1 Å². The molecule has 0 aromatic heterocycles. The Kier molecular flexibility index (Phi) is 22.2. The minimum absolute atomic E-state index is 0. The molecule has 0 unspecified atom stereocenters. The molecule has 6 aromatic carbocycles. The van der Waals surface area contributed by atoms with Crippen LogP contribution < -0.4 is 88.3 Å². The quantitative estimate of drug-likeness (QED) is 0.0774. The van der Waals surface area contributed by atoms with E-state index in [1.54, 1.807) is 84.9 Å². The fourth-order valence-corrected chi connectivity index (χ4v) is 9.14. The summed E-state index contributed by atoms with van der Waals surface area (Å²) < 4.78 is 22.9. The molecule has 0 saturated heterocycles. The van der Waals surface area contributed by atoms with Gasteiger partial charge in [0.2, 0.25) is 0 Å². The predicted octanol–water partition coefficient (Wildman–Crippen LogP) is 6.53. The molecule has 18 heteroatoms. The van der Waals surface area contributed by atoms with E-state index in [-0.39, 0.29) is 93.9 Å². The van der Waals surface area contributed by atoms with Crippen molar-refractivity contribution in [3.63, 3.8) is 0 Å². The van der Waals surface area contributed by atoms with Gasteiger partial charge in [-0.05, 0) is 135 Å². The summed E-state index contributed by atoms with van der Waals surface area (Å²) in [7, 11) is 0.